The number of ketones is 1. The van der Waals surface area contributed by atoms with Crippen molar-refractivity contribution in [3.8, 4) is 5.75 Å². The molecule has 1 aliphatic rings. The van der Waals surface area contributed by atoms with Gasteiger partial charge in [0.15, 0.2) is 0 Å². The molecular weight excluding hydrogens is 440 g/mol. The number of aryl methyl sites for hydroxylation is 2. The summed E-state index contributed by atoms with van der Waals surface area (Å²) in [4.78, 5) is 32.1. The van der Waals surface area contributed by atoms with Crippen molar-refractivity contribution in [2.75, 3.05) is 0 Å². The van der Waals surface area contributed by atoms with Crippen LogP contribution < -0.4 is 4.74 Å². The first-order chi connectivity index (χ1) is 16.8. The van der Waals surface area contributed by atoms with Crippen molar-refractivity contribution < 1.29 is 19.4 Å². The minimum absolute atomic E-state index is 0.0111. The van der Waals surface area contributed by atoms with Gasteiger partial charge < -0.3 is 14.7 Å². The first-order valence-electron chi connectivity index (χ1n) is 11.8. The van der Waals surface area contributed by atoms with Crippen molar-refractivity contribution in [1.82, 2.24) is 9.88 Å². The van der Waals surface area contributed by atoms with Crippen LogP contribution in [-0.4, -0.2) is 32.8 Å². The van der Waals surface area contributed by atoms with Gasteiger partial charge in [0.2, 0.25) is 0 Å². The van der Waals surface area contributed by atoms with E-state index in [0.717, 1.165) is 28.7 Å². The van der Waals surface area contributed by atoms with E-state index in [1.807, 2.05) is 51.1 Å². The van der Waals surface area contributed by atoms with E-state index >= 15 is 0 Å². The van der Waals surface area contributed by atoms with Crippen LogP contribution in [0.4, 0.5) is 0 Å². The monoisotopic (exact) mass is 470 g/mol. The summed E-state index contributed by atoms with van der Waals surface area (Å²) in [5.41, 5.74) is 4.10. The number of carbonyl (C=O) groups excluding carboxylic acids is 2. The Labute approximate surface area is 205 Å². The second-order valence-electron chi connectivity index (χ2n) is 9.03. The topological polar surface area (TPSA) is 79.7 Å². The van der Waals surface area contributed by atoms with Crippen molar-refractivity contribution in [3.63, 3.8) is 0 Å². The van der Waals surface area contributed by atoms with E-state index in [1.165, 1.54) is 4.90 Å². The molecule has 2 heterocycles. The first kappa shape index (κ1) is 24.2. The molecule has 180 valence electrons. The molecule has 4 rings (SSSR count). The molecule has 0 aliphatic carbocycles. The summed E-state index contributed by atoms with van der Waals surface area (Å²) >= 11 is 0. The number of nitrogens with zero attached hydrogens (tertiary/aromatic N) is 2. The lowest BCUT2D eigenvalue weighted by Crippen LogP contribution is -2.29. The molecule has 35 heavy (non-hydrogen) atoms. The van der Waals surface area contributed by atoms with Crippen LogP contribution >= 0.6 is 0 Å². The van der Waals surface area contributed by atoms with E-state index in [0.29, 0.717) is 11.3 Å². The lowest BCUT2D eigenvalue weighted by atomic mass is 9.94. The van der Waals surface area contributed by atoms with Crippen LogP contribution in [-0.2, 0) is 22.6 Å². The number of hydrogen-bond acceptors (Lipinski definition) is 5. The third-order valence-electron chi connectivity index (χ3n) is 6.13. The van der Waals surface area contributed by atoms with Crippen molar-refractivity contribution in [1.29, 1.82) is 0 Å². The fourth-order valence-electron chi connectivity index (χ4n) is 4.35. The molecule has 1 fully saturated rings. The number of rotatable bonds is 7. The van der Waals surface area contributed by atoms with Gasteiger partial charge in [-0.2, -0.15) is 0 Å². The van der Waals surface area contributed by atoms with Crippen LogP contribution in [0, 0.1) is 6.92 Å². The number of hydrogen-bond donors (Lipinski definition) is 1. The first-order valence-corrected chi connectivity index (χ1v) is 11.8. The molecule has 1 atom stereocenters. The number of aliphatic hydroxyl groups is 1. The standard InChI is InChI=1S/C29H30N2O4/c1-5-20-8-10-22(11-9-20)26-25(27(32)23-12-13-24(19(4)15-23)35-18(2)3)28(33)29(34)31(26)17-21-7-6-14-30-16-21/h6-16,18,26,32H,5,17H2,1-4H3/b27-25-. The van der Waals surface area contributed by atoms with E-state index in [-0.39, 0.29) is 24.0 Å². The molecule has 1 aliphatic heterocycles. The van der Waals surface area contributed by atoms with E-state index in [1.54, 1.807) is 36.7 Å². The van der Waals surface area contributed by atoms with Crippen LogP contribution in [0.25, 0.3) is 5.76 Å². The largest absolute Gasteiger partial charge is 0.507 e. The van der Waals surface area contributed by atoms with Gasteiger partial charge in [-0.3, -0.25) is 14.6 Å². The van der Waals surface area contributed by atoms with Crippen LogP contribution in [0.2, 0.25) is 0 Å². The Morgan fingerprint density at radius 2 is 1.83 bits per heavy atom. The molecule has 0 bridgehead atoms. The number of Topliss-reactive ketones (excluding diaryl/α,β-unsaturated/α-hetero) is 1. The Morgan fingerprint density at radius 1 is 1.09 bits per heavy atom. The molecule has 1 saturated heterocycles. The molecule has 0 saturated carbocycles. The molecular formula is C29H30N2O4. The normalized spacial score (nSPS) is 17.3. The maximum Gasteiger partial charge on any atom is 0.295 e. The smallest absolute Gasteiger partial charge is 0.295 e. The highest BCUT2D eigenvalue weighted by Crippen LogP contribution is 2.40. The van der Waals surface area contributed by atoms with Crippen LogP contribution in [0.3, 0.4) is 0 Å². The zero-order chi connectivity index (χ0) is 25.1. The molecule has 6 nitrogen and oxygen atoms in total. The molecule has 1 amide bonds. The summed E-state index contributed by atoms with van der Waals surface area (Å²) in [6.45, 7) is 8.05. The predicted molar refractivity (Wildman–Crippen MR) is 135 cm³/mol. The maximum atomic E-state index is 13.3. The van der Waals surface area contributed by atoms with Gasteiger partial charge in [0, 0.05) is 24.5 Å². The van der Waals surface area contributed by atoms with Crippen molar-refractivity contribution in [2.45, 2.75) is 52.8 Å². The number of likely N-dealkylation sites (tertiary alicyclic amines) is 1. The van der Waals surface area contributed by atoms with Crippen LogP contribution in [0.15, 0.2) is 72.6 Å². The lowest BCUT2D eigenvalue weighted by molar-refractivity contribution is -0.140. The summed E-state index contributed by atoms with van der Waals surface area (Å²) in [5, 5.41) is 11.3. The maximum absolute atomic E-state index is 13.3. The second-order valence-corrected chi connectivity index (χ2v) is 9.03. The number of benzene rings is 2. The van der Waals surface area contributed by atoms with Gasteiger partial charge >= 0.3 is 0 Å². The zero-order valence-corrected chi connectivity index (χ0v) is 20.5. The van der Waals surface area contributed by atoms with Crippen molar-refractivity contribution in [2.24, 2.45) is 0 Å². The number of amides is 1. The molecule has 1 unspecified atom stereocenters. The summed E-state index contributed by atoms with van der Waals surface area (Å²) in [6.07, 6.45) is 4.22. The van der Waals surface area contributed by atoms with Gasteiger partial charge in [-0.25, -0.2) is 0 Å². The Balaban J connectivity index is 1.82. The summed E-state index contributed by atoms with van der Waals surface area (Å²) in [6, 6.07) is 16.0. The van der Waals surface area contributed by atoms with E-state index in [2.05, 4.69) is 11.9 Å². The Morgan fingerprint density at radius 3 is 2.43 bits per heavy atom. The second kappa shape index (κ2) is 10.1. The quantitative estimate of drug-likeness (QED) is 0.286. The minimum Gasteiger partial charge on any atom is -0.507 e. The molecule has 0 radical (unpaired) electrons. The summed E-state index contributed by atoms with van der Waals surface area (Å²) < 4.78 is 5.81. The lowest BCUT2D eigenvalue weighted by Gasteiger charge is -2.25. The Kier molecular flexibility index (Phi) is 7.01. The van der Waals surface area contributed by atoms with Crippen LogP contribution in [0.5, 0.6) is 5.75 Å². The third-order valence-corrected chi connectivity index (χ3v) is 6.13. The predicted octanol–water partition coefficient (Wildman–Crippen LogP) is 5.36. The summed E-state index contributed by atoms with van der Waals surface area (Å²) in [5.74, 6) is -0.825. The van der Waals surface area contributed by atoms with Gasteiger partial charge in [-0.05, 0) is 73.7 Å². The van der Waals surface area contributed by atoms with Gasteiger partial charge in [-0.15, -0.1) is 0 Å². The van der Waals surface area contributed by atoms with Gasteiger partial charge in [0.1, 0.15) is 11.5 Å². The molecule has 6 heteroatoms. The van der Waals surface area contributed by atoms with E-state index in [4.69, 9.17) is 4.74 Å². The number of pyridine rings is 1. The highest BCUT2D eigenvalue weighted by molar-refractivity contribution is 6.46. The number of aromatic nitrogens is 1. The van der Waals surface area contributed by atoms with E-state index in [9.17, 15) is 14.7 Å². The number of aliphatic hydroxyl groups excluding tert-OH is 1. The Bertz CT molecular complexity index is 1260. The SMILES string of the molecule is CCc1ccc(C2/C(=C(/O)c3ccc(OC(C)C)c(C)c3)C(=O)C(=O)N2Cc2cccnc2)cc1. The van der Waals surface area contributed by atoms with E-state index < -0.39 is 17.7 Å². The molecule has 1 aromatic heterocycles. The minimum atomic E-state index is -0.715. The highest BCUT2D eigenvalue weighted by Gasteiger charge is 2.46. The van der Waals surface area contributed by atoms with Crippen molar-refractivity contribution in [3.05, 3.63) is 100 Å². The Hall–Kier alpha value is -3.93. The molecule has 0 spiro atoms. The fraction of sp³-hybridized carbons (Fsp3) is 0.276. The molecule has 2 aromatic carbocycles. The van der Waals surface area contributed by atoms with Gasteiger partial charge in [0.05, 0.1) is 17.7 Å². The molecule has 1 N–H and O–H groups in total. The van der Waals surface area contributed by atoms with Crippen molar-refractivity contribution >= 4 is 17.4 Å². The molecule has 3 aromatic rings. The number of carbonyl (C=O) groups is 2. The average molecular weight is 471 g/mol. The van der Waals surface area contributed by atoms with Gasteiger partial charge in [-0.1, -0.05) is 37.3 Å². The number of ether oxygens (including phenoxy) is 1. The zero-order valence-electron chi connectivity index (χ0n) is 20.5. The average Bonchev–Trinajstić information content (AvgIpc) is 3.10. The van der Waals surface area contributed by atoms with Gasteiger partial charge in [0.25, 0.3) is 11.7 Å². The highest BCUT2D eigenvalue weighted by atomic mass is 16.5. The third kappa shape index (κ3) is 4.97. The fourth-order valence-corrected chi connectivity index (χ4v) is 4.35. The summed E-state index contributed by atoms with van der Waals surface area (Å²) in [7, 11) is 0. The van der Waals surface area contributed by atoms with Crippen LogP contribution in [0.1, 0.15) is 54.6 Å².